The van der Waals surface area contributed by atoms with Crippen molar-refractivity contribution < 1.29 is 9.53 Å². The minimum Gasteiger partial charge on any atom is -0.378 e. The molecule has 5 nitrogen and oxygen atoms in total. The van der Waals surface area contributed by atoms with Crippen LogP contribution in [0.4, 0.5) is 0 Å². The van der Waals surface area contributed by atoms with Gasteiger partial charge in [-0.3, -0.25) is 4.79 Å². The molecule has 0 radical (unpaired) electrons. The highest BCUT2D eigenvalue weighted by Crippen LogP contribution is 2.19. The zero-order chi connectivity index (χ0) is 13.1. The number of morpholine rings is 1. The molecule has 0 spiro atoms. The summed E-state index contributed by atoms with van der Waals surface area (Å²) in [5.74, 6) is 0.181. The standard InChI is InChI=1S/C14H21N3O2/c18-14(17-5-7-19-8-6-17)11-16-4-3-12(10-16)9-15-13-1-2-13/h3-4,10,13,15H,1-2,5-9,11H2. The molecule has 1 saturated heterocycles. The van der Waals surface area contributed by atoms with E-state index in [-0.39, 0.29) is 5.91 Å². The largest absolute Gasteiger partial charge is 0.378 e. The highest BCUT2D eigenvalue weighted by molar-refractivity contribution is 5.76. The quantitative estimate of drug-likeness (QED) is 0.846. The van der Waals surface area contributed by atoms with Gasteiger partial charge in [0.05, 0.1) is 13.2 Å². The molecule has 0 unspecified atom stereocenters. The predicted octanol–water partition coefficient (Wildman–Crippen LogP) is 0.599. The maximum absolute atomic E-state index is 12.1. The lowest BCUT2D eigenvalue weighted by atomic mass is 10.3. The Balaban J connectivity index is 1.49. The SMILES string of the molecule is O=C(Cn1ccc(CNC2CC2)c1)N1CCOCC1. The molecule has 1 aliphatic carbocycles. The minimum absolute atomic E-state index is 0.181. The molecule has 2 heterocycles. The number of hydrogen-bond donors (Lipinski definition) is 1. The van der Waals surface area contributed by atoms with Crippen molar-refractivity contribution in [3.05, 3.63) is 24.0 Å². The Labute approximate surface area is 113 Å². The zero-order valence-corrected chi connectivity index (χ0v) is 11.2. The van der Waals surface area contributed by atoms with Crippen molar-refractivity contribution in [2.24, 2.45) is 0 Å². The number of hydrogen-bond acceptors (Lipinski definition) is 3. The fourth-order valence-corrected chi connectivity index (χ4v) is 2.31. The van der Waals surface area contributed by atoms with E-state index in [0.717, 1.165) is 25.7 Å². The molecule has 0 aromatic carbocycles. The summed E-state index contributed by atoms with van der Waals surface area (Å²) in [4.78, 5) is 14.0. The Morgan fingerprint density at radius 1 is 1.37 bits per heavy atom. The molecule has 0 atom stereocenters. The summed E-state index contributed by atoms with van der Waals surface area (Å²) < 4.78 is 7.23. The number of nitrogens with one attached hydrogen (secondary N) is 1. The molecule has 1 aromatic rings. The van der Waals surface area contributed by atoms with Crippen LogP contribution >= 0.6 is 0 Å². The van der Waals surface area contributed by atoms with Gasteiger partial charge in [-0.25, -0.2) is 0 Å². The lowest BCUT2D eigenvalue weighted by Gasteiger charge is -2.26. The molecule has 0 bridgehead atoms. The lowest BCUT2D eigenvalue weighted by molar-refractivity contribution is -0.135. The van der Waals surface area contributed by atoms with Crippen molar-refractivity contribution in [2.75, 3.05) is 26.3 Å². The van der Waals surface area contributed by atoms with Crippen molar-refractivity contribution in [1.29, 1.82) is 0 Å². The number of rotatable bonds is 5. The maximum atomic E-state index is 12.1. The average molecular weight is 263 g/mol. The number of aromatic nitrogens is 1. The third-order valence-corrected chi connectivity index (χ3v) is 3.67. The summed E-state index contributed by atoms with van der Waals surface area (Å²) in [6.07, 6.45) is 6.66. The van der Waals surface area contributed by atoms with E-state index in [0.29, 0.717) is 19.8 Å². The van der Waals surface area contributed by atoms with Gasteiger partial charge in [0.2, 0.25) is 5.91 Å². The smallest absolute Gasteiger partial charge is 0.242 e. The Hall–Kier alpha value is -1.33. The fraction of sp³-hybridized carbons (Fsp3) is 0.643. The summed E-state index contributed by atoms with van der Waals surface area (Å²) in [6.45, 7) is 4.10. The van der Waals surface area contributed by atoms with Crippen molar-refractivity contribution >= 4 is 5.91 Å². The summed E-state index contributed by atoms with van der Waals surface area (Å²) in [7, 11) is 0. The highest BCUT2D eigenvalue weighted by atomic mass is 16.5. The molecule has 1 N–H and O–H groups in total. The first-order valence-electron chi connectivity index (χ1n) is 7.05. The molecule has 2 fully saturated rings. The first-order chi connectivity index (χ1) is 9.31. The average Bonchev–Trinajstić information content (AvgIpc) is 3.17. The van der Waals surface area contributed by atoms with Crippen LogP contribution in [0.25, 0.3) is 0 Å². The van der Waals surface area contributed by atoms with E-state index in [9.17, 15) is 4.79 Å². The third-order valence-electron chi connectivity index (χ3n) is 3.67. The van der Waals surface area contributed by atoms with E-state index >= 15 is 0 Å². The van der Waals surface area contributed by atoms with Gasteiger partial charge in [0.25, 0.3) is 0 Å². The molecule has 1 saturated carbocycles. The first kappa shape index (κ1) is 12.7. The monoisotopic (exact) mass is 263 g/mol. The van der Waals surface area contributed by atoms with E-state index in [2.05, 4.69) is 17.6 Å². The van der Waals surface area contributed by atoms with E-state index in [1.165, 1.54) is 18.4 Å². The summed E-state index contributed by atoms with van der Waals surface area (Å²) in [5.41, 5.74) is 1.25. The Kier molecular flexibility index (Phi) is 3.84. The van der Waals surface area contributed by atoms with Gasteiger partial charge >= 0.3 is 0 Å². The van der Waals surface area contributed by atoms with Gasteiger partial charge in [-0.2, -0.15) is 0 Å². The molecule has 1 aliphatic heterocycles. The number of ether oxygens (including phenoxy) is 1. The topological polar surface area (TPSA) is 46.5 Å². The van der Waals surface area contributed by atoms with Crippen LogP contribution in [-0.4, -0.2) is 47.7 Å². The molecular formula is C14H21N3O2. The number of carbonyl (C=O) groups is 1. The number of carbonyl (C=O) groups excluding carboxylic acids is 1. The van der Waals surface area contributed by atoms with Crippen LogP contribution in [0.2, 0.25) is 0 Å². The van der Waals surface area contributed by atoms with E-state index in [1.54, 1.807) is 0 Å². The second-order valence-electron chi connectivity index (χ2n) is 5.34. The molecular weight excluding hydrogens is 242 g/mol. The number of amides is 1. The van der Waals surface area contributed by atoms with Gasteiger partial charge in [-0.1, -0.05) is 0 Å². The molecule has 104 valence electrons. The summed E-state index contributed by atoms with van der Waals surface area (Å²) in [5, 5.41) is 3.48. The van der Waals surface area contributed by atoms with Crippen LogP contribution in [0.15, 0.2) is 18.5 Å². The van der Waals surface area contributed by atoms with E-state index in [4.69, 9.17) is 4.74 Å². The first-order valence-corrected chi connectivity index (χ1v) is 7.05. The zero-order valence-electron chi connectivity index (χ0n) is 11.2. The summed E-state index contributed by atoms with van der Waals surface area (Å²) >= 11 is 0. The van der Waals surface area contributed by atoms with Crippen molar-refractivity contribution in [3.8, 4) is 0 Å². The van der Waals surface area contributed by atoms with Crippen LogP contribution in [0.3, 0.4) is 0 Å². The minimum atomic E-state index is 0.181. The van der Waals surface area contributed by atoms with Crippen molar-refractivity contribution in [3.63, 3.8) is 0 Å². The lowest BCUT2D eigenvalue weighted by Crippen LogP contribution is -2.42. The van der Waals surface area contributed by atoms with Crippen LogP contribution in [0.1, 0.15) is 18.4 Å². The van der Waals surface area contributed by atoms with E-state index in [1.807, 2.05) is 15.7 Å². The summed E-state index contributed by atoms with van der Waals surface area (Å²) in [6, 6.07) is 2.81. The molecule has 1 amide bonds. The molecule has 2 aliphatic rings. The maximum Gasteiger partial charge on any atom is 0.242 e. The normalized spacial score (nSPS) is 19.7. The van der Waals surface area contributed by atoms with Crippen molar-refractivity contribution in [2.45, 2.75) is 32.0 Å². The fourth-order valence-electron chi connectivity index (χ4n) is 2.31. The van der Waals surface area contributed by atoms with Crippen LogP contribution in [-0.2, 0) is 22.6 Å². The Morgan fingerprint density at radius 2 is 2.16 bits per heavy atom. The van der Waals surface area contributed by atoms with Gasteiger partial charge in [-0.15, -0.1) is 0 Å². The molecule has 1 aromatic heterocycles. The van der Waals surface area contributed by atoms with Gasteiger partial charge in [0, 0.05) is 38.1 Å². The van der Waals surface area contributed by atoms with Crippen LogP contribution in [0, 0.1) is 0 Å². The van der Waals surface area contributed by atoms with Crippen molar-refractivity contribution in [1.82, 2.24) is 14.8 Å². The van der Waals surface area contributed by atoms with Gasteiger partial charge in [0.15, 0.2) is 0 Å². The molecule has 19 heavy (non-hydrogen) atoms. The third kappa shape index (κ3) is 3.58. The number of nitrogens with zero attached hydrogens (tertiary/aromatic N) is 2. The van der Waals surface area contributed by atoms with E-state index < -0.39 is 0 Å². The Morgan fingerprint density at radius 3 is 2.89 bits per heavy atom. The Bertz CT molecular complexity index is 434. The van der Waals surface area contributed by atoms with Crippen LogP contribution in [0.5, 0.6) is 0 Å². The predicted molar refractivity (Wildman–Crippen MR) is 71.7 cm³/mol. The molecule has 3 rings (SSSR count). The second kappa shape index (κ2) is 5.75. The van der Waals surface area contributed by atoms with Gasteiger partial charge in [-0.05, 0) is 24.5 Å². The second-order valence-corrected chi connectivity index (χ2v) is 5.34. The molecule has 5 heteroatoms. The van der Waals surface area contributed by atoms with Crippen LogP contribution < -0.4 is 5.32 Å². The highest BCUT2D eigenvalue weighted by Gasteiger charge is 2.20. The van der Waals surface area contributed by atoms with Gasteiger partial charge < -0.3 is 19.5 Å². The van der Waals surface area contributed by atoms with Gasteiger partial charge in [0.1, 0.15) is 6.54 Å².